The maximum absolute atomic E-state index is 15.9. The lowest BCUT2D eigenvalue weighted by Crippen LogP contribution is -2.21. The van der Waals surface area contributed by atoms with E-state index in [2.05, 4.69) is 15.3 Å². The third-order valence-electron chi connectivity index (χ3n) is 6.65. The number of carbonyl (C=O) groups is 3. The van der Waals surface area contributed by atoms with Crippen LogP contribution in [0.3, 0.4) is 0 Å². The summed E-state index contributed by atoms with van der Waals surface area (Å²) in [7, 11) is 0. The first-order chi connectivity index (χ1) is 24.2. The van der Waals surface area contributed by atoms with E-state index in [1.165, 1.54) is 0 Å². The van der Waals surface area contributed by atoms with Gasteiger partial charge in [0.2, 0.25) is 5.91 Å². The first kappa shape index (κ1) is 42.0. The number of nitrogens with zero attached hydrogens (tertiary/aromatic N) is 1. The third kappa shape index (κ3) is 12.0. The van der Waals surface area contributed by atoms with E-state index in [0.29, 0.717) is 52.5 Å². The van der Waals surface area contributed by atoms with E-state index in [0.717, 1.165) is 12.0 Å². The molecule has 0 radical (unpaired) electrons. The molecule has 1 heterocycles. The summed E-state index contributed by atoms with van der Waals surface area (Å²) in [6, 6.07) is 16.7. The predicted octanol–water partition coefficient (Wildman–Crippen LogP) is 6.42. The molecule has 4 rings (SSSR count). The van der Waals surface area contributed by atoms with Crippen molar-refractivity contribution in [3.63, 3.8) is 0 Å². The Hall–Kier alpha value is -6.14. The number of amides is 1. The molecule has 1 amide bonds. The number of halogens is 7. The summed E-state index contributed by atoms with van der Waals surface area (Å²) in [6.45, 7) is 4.35. The van der Waals surface area contributed by atoms with E-state index >= 15 is 4.39 Å². The average Bonchev–Trinajstić information content (AvgIpc) is 3.57. The Labute approximate surface area is 291 Å². The number of alkyl halides is 6. The van der Waals surface area contributed by atoms with Crippen LogP contribution in [0.1, 0.15) is 59.2 Å². The fraction of sp³-hybridized carbons (Fsp3) is 0.242. The second-order valence-corrected chi connectivity index (χ2v) is 10.5. The molecule has 0 spiro atoms. The lowest BCUT2D eigenvalue weighted by Gasteiger charge is -2.22. The molecule has 3 aromatic carbocycles. The predicted molar refractivity (Wildman–Crippen MR) is 174 cm³/mol. The van der Waals surface area contributed by atoms with E-state index in [9.17, 15) is 31.1 Å². The number of hydrogen-bond donors (Lipinski definition) is 7. The lowest BCUT2D eigenvalue weighted by molar-refractivity contribution is -0.193. The van der Waals surface area contributed by atoms with E-state index in [-0.39, 0.29) is 11.6 Å². The molecule has 0 fully saturated rings. The van der Waals surface area contributed by atoms with Gasteiger partial charge in [0.25, 0.3) is 0 Å². The number of carbonyl (C=O) groups excluding carboxylic acids is 1. The van der Waals surface area contributed by atoms with E-state index in [1.54, 1.807) is 66.9 Å². The topological polar surface area (TPSA) is 217 Å². The lowest BCUT2D eigenvalue weighted by atomic mass is 10.00. The molecule has 0 saturated heterocycles. The molecule has 0 aliphatic heterocycles. The number of hydrogen-bond acceptors (Lipinski definition) is 7. The second kappa shape index (κ2) is 18.2. The number of nitrogens with two attached hydrogens (primary N) is 2. The van der Waals surface area contributed by atoms with Crippen LogP contribution in [0.4, 0.5) is 36.4 Å². The zero-order chi connectivity index (χ0) is 39.4. The van der Waals surface area contributed by atoms with E-state index < -0.39 is 42.1 Å². The zero-order valence-electron chi connectivity index (χ0n) is 27.3. The normalized spacial score (nSPS) is 11.6. The minimum absolute atomic E-state index is 0.0451. The summed E-state index contributed by atoms with van der Waals surface area (Å²) < 4.78 is 85.1. The molecule has 52 heavy (non-hydrogen) atoms. The molecule has 1 unspecified atom stereocenters. The Kier molecular flexibility index (Phi) is 14.7. The van der Waals surface area contributed by atoms with Crippen LogP contribution in [0.25, 0.3) is 11.3 Å². The number of ether oxygens (including phenoxy) is 1. The number of H-pyrrole nitrogens is 1. The van der Waals surface area contributed by atoms with Crippen LogP contribution in [0.2, 0.25) is 0 Å². The SMILES string of the molecule is CCCOc1cc(CC)cc(C(Nc2ccc(C(=N)N)cc2)c2ncc(-c3ccccc3C(N)=O)[nH]2)c1F.O=C(O)C(F)(F)F.O=C(O)C(F)(F)F. The van der Waals surface area contributed by atoms with Crippen LogP contribution in [0.5, 0.6) is 5.75 Å². The summed E-state index contributed by atoms with van der Waals surface area (Å²) in [5, 5.41) is 25.3. The Morgan fingerprint density at radius 2 is 1.50 bits per heavy atom. The van der Waals surface area contributed by atoms with Crippen LogP contribution in [0.15, 0.2) is 66.9 Å². The molecule has 9 N–H and O–H groups in total. The molecule has 0 bridgehead atoms. The van der Waals surface area contributed by atoms with E-state index in [4.69, 9.17) is 41.4 Å². The van der Waals surface area contributed by atoms with Gasteiger partial charge in [-0.15, -0.1) is 0 Å². The van der Waals surface area contributed by atoms with Crippen molar-refractivity contribution in [2.45, 2.75) is 45.1 Å². The number of aromatic nitrogens is 2. The van der Waals surface area contributed by atoms with Crippen molar-refractivity contribution < 1.29 is 60.1 Å². The number of imidazole rings is 1. The number of anilines is 1. The summed E-state index contributed by atoms with van der Waals surface area (Å²) in [4.78, 5) is 37.6. The van der Waals surface area contributed by atoms with Crippen molar-refractivity contribution in [1.82, 2.24) is 9.97 Å². The van der Waals surface area contributed by atoms with Crippen molar-refractivity contribution >= 4 is 29.4 Å². The zero-order valence-corrected chi connectivity index (χ0v) is 27.3. The van der Waals surface area contributed by atoms with Gasteiger partial charge in [-0.25, -0.2) is 19.0 Å². The smallest absolute Gasteiger partial charge is 0.490 e. The first-order valence-corrected chi connectivity index (χ1v) is 14.9. The van der Waals surface area contributed by atoms with Gasteiger partial charge in [0, 0.05) is 27.9 Å². The number of aromatic amines is 1. The van der Waals surface area contributed by atoms with Crippen LogP contribution >= 0.6 is 0 Å². The fourth-order valence-electron chi connectivity index (χ4n) is 4.17. The molecule has 0 aliphatic rings. The molecule has 280 valence electrons. The van der Waals surface area contributed by atoms with Crippen LogP contribution in [0, 0.1) is 11.2 Å². The highest BCUT2D eigenvalue weighted by Gasteiger charge is 2.39. The van der Waals surface area contributed by atoms with Crippen molar-refractivity contribution in [2.24, 2.45) is 11.5 Å². The van der Waals surface area contributed by atoms with E-state index in [1.807, 2.05) is 13.8 Å². The largest absolute Gasteiger partial charge is 0.491 e. The Morgan fingerprint density at radius 3 is 1.98 bits per heavy atom. The number of nitrogen functional groups attached to an aromatic ring is 1. The highest BCUT2D eigenvalue weighted by molar-refractivity contribution is 5.99. The maximum atomic E-state index is 15.9. The Morgan fingerprint density at radius 1 is 0.942 bits per heavy atom. The number of benzene rings is 3. The summed E-state index contributed by atoms with van der Waals surface area (Å²) in [6.07, 6.45) is -7.14. The number of amidine groups is 1. The molecule has 4 aromatic rings. The number of rotatable bonds is 11. The molecule has 19 heteroatoms. The summed E-state index contributed by atoms with van der Waals surface area (Å²) in [5.41, 5.74) is 15.2. The molecule has 0 aliphatic carbocycles. The molecular formula is C33H33F7N6O6. The minimum Gasteiger partial charge on any atom is -0.491 e. The highest BCUT2D eigenvalue weighted by atomic mass is 19.4. The van der Waals surface area contributed by atoms with Crippen LogP contribution < -0.4 is 21.5 Å². The van der Waals surface area contributed by atoms with Gasteiger partial charge in [0.1, 0.15) is 17.7 Å². The number of primary amides is 1. The quantitative estimate of drug-likeness (QED) is 0.0512. The van der Waals surface area contributed by atoms with Crippen molar-refractivity contribution in [2.75, 3.05) is 11.9 Å². The molecule has 1 atom stereocenters. The van der Waals surface area contributed by atoms with Gasteiger partial charge in [0.05, 0.1) is 18.5 Å². The van der Waals surface area contributed by atoms with Gasteiger partial charge < -0.3 is 36.7 Å². The summed E-state index contributed by atoms with van der Waals surface area (Å²) >= 11 is 0. The van der Waals surface area contributed by atoms with Crippen LogP contribution in [-0.2, 0) is 16.0 Å². The van der Waals surface area contributed by atoms with Gasteiger partial charge in [0.15, 0.2) is 11.6 Å². The van der Waals surface area contributed by atoms with Gasteiger partial charge >= 0.3 is 24.3 Å². The number of carboxylic acids is 2. The Bertz CT molecular complexity index is 1840. The van der Waals surface area contributed by atoms with Crippen LogP contribution in [-0.4, -0.2) is 62.8 Å². The molecule has 0 saturated carbocycles. The van der Waals surface area contributed by atoms with Crippen molar-refractivity contribution in [3.05, 3.63) is 101 Å². The van der Waals surface area contributed by atoms with Crippen molar-refractivity contribution in [1.29, 1.82) is 5.41 Å². The molecule has 1 aromatic heterocycles. The van der Waals surface area contributed by atoms with Gasteiger partial charge in [-0.05, 0) is 54.8 Å². The minimum atomic E-state index is -5.08. The summed E-state index contributed by atoms with van der Waals surface area (Å²) in [5.74, 6) is -5.98. The number of nitrogens with one attached hydrogen (secondary N) is 3. The number of aryl methyl sites for hydroxylation is 1. The van der Waals surface area contributed by atoms with Gasteiger partial charge in [-0.2, -0.15) is 26.3 Å². The monoisotopic (exact) mass is 742 g/mol. The standard InChI is InChI=1S/C29H31FN6O2.2C2HF3O2/c1-3-13-38-24-15-17(4-2)14-22(25(24)30)26(35-19-11-9-18(10-12-19)27(31)32)29-34-16-23(36-29)20-7-5-6-8-21(20)28(33)37;2*3-2(4,5)1(6)7/h5-12,14-16,26,35H,3-4,13H2,1-2H3,(H3,31,32)(H2,33,37)(H,34,36);2*(H,6,7). The second-order valence-electron chi connectivity index (χ2n) is 10.5. The average molecular weight is 743 g/mol. The van der Waals surface area contributed by atoms with Gasteiger partial charge in [-0.3, -0.25) is 10.2 Å². The first-order valence-electron chi connectivity index (χ1n) is 14.9. The molecule has 12 nitrogen and oxygen atoms in total. The number of aliphatic carboxylic acids is 2. The third-order valence-corrected chi connectivity index (χ3v) is 6.65. The maximum Gasteiger partial charge on any atom is 0.490 e. The van der Waals surface area contributed by atoms with Gasteiger partial charge in [-0.1, -0.05) is 38.1 Å². The fourth-order valence-corrected chi connectivity index (χ4v) is 4.17. The Balaban J connectivity index is 0.000000564. The van der Waals surface area contributed by atoms with Crippen molar-refractivity contribution in [3.8, 4) is 17.0 Å². The number of carboxylic acid groups (broad SMARTS) is 2. The molecular weight excluding hydrogens is 709 g/mol. The highest BCUT2D eigenvalue weighted by Crippen LogP contribution is 2.34.